The number of aromatic nitrogens is 16. The van der Waals surface area contributed by atoms with Crippen molar-refractivity contribution in [3.05, 3.63) is 372 Å². The molecule has 0 atom stereocenters. The van der Waals surface area contributed by atoms with Crippen molar-refractivity contribution in [2.24, 2.45) is 44.0 Å². The smallest absolute Gasteiger partial charge is 0.278 e. The molecular formula is C111H107N23O11. The van der Waals surface area contributed by atoms with Crippen molar-refractivity contribution >= 4 is 138 Å². The molecule has 0 fully saturated rings. The van der Waals surface area contributed by atoms with Crippen molar-refractivity contribution in [1.82, 2.24) is 79.0 Å². The number of H-pyrrole nitrogens is 6. The number of hydrogen-bond acceptors (Lipinski definition) is 23. The molecule has 13 heterocycles. The molecule has 10 aromatic heterocycles. The molecule has 0 radical (unpaired) electrons. The second-order valence-corrected chi connectivity index (χ2v) is 34.9. The summed E-state index contributed by atoms with van der Waals surface area (Å²) in [6, 6.07) is 57.9. The van der Waals surface area contributed by atoms with Gasteiger partial charge in [-0.3, -0.25) is 63.3 Å². The van der Waals surface area contributed by atoms with Crippen LogP contribution in [-0.2, 0) is 52.0 Å². The van der Waals surface area contributed by atoms with E-state index in [1.807, 2.05) is 116 Å². The third-order valence-electron chi connectivity index (χ3n) is 24.3. The second kappa shape index (κ2) is 43.0. The third kappa shape index (κ3) is 21.9. The normalized spacial score (nSPS) is 12.9. The number of aromatic amines is 6. The van der Waals surface area contributed by atoms with E-state index in [0.29, 0.717) is 173 Å². The Bertz CT molecular complexity index is 8320. The summed E-state index contributed by atoms with van der Waals surface area (Å²) in [5, 5.41) is 67.1. The largest absolute Gasteiger partial charge is 0.494 e. The van der Waals surface area contributed by atoms with Gasteiger partial charge in [-0.25, -0.2) is 34.6 Å². The van der Waals surface area contributed by atoms with Gasteiger partial charge in [-0.1, -0.05) is 101 Å². The molecule has 732 valence electrons. The van der Waals surface area contributed by atoms with E-state index in [4.69, 9.17) is 0 Å². The Kier molecular flexibility index (Phi) is 29.9. The van der Waals surface area contributed by atoms with Crippen LogP contribution in [0.1, 0.15) is 206 Å². The number of ketones is 6. The van der Waals surface area contributed by atoms with Crippen LogP contribution in [0.25, 0.3) is 43.6 Å². The van der Waals surface area contributed by atoms with Crippen LogP contribution < -0.4 is 4.90 Å². The van der Waals surface area contributed by atoms with Gasteiger partial charge in [0.05, 0.1) is 46.7 Å². The fourth-order valence-electron chi connectivity index (χ4n) is 17.3. The van der Waals surface area contributed by atoms with E-state index in [2.05, 4.69) is 109 Å². The maximum absolute atomic E-state index is 13.4. The lowest BCUT2D eigenvalue weighted by Crippen LogP contribution is -2.43. The lowest BCUT2D eigenvalue weighted by atomic mass is 9.97. The van der Waals surface area contributed by atoms with Crippen LogP contribution in [0.4, 0.5) is 17.3 Å². The number of carbonyl (C=O) groups excluding carboxylic acids is 7. The molecule has 21 rings (SSSR count). The quantitative estimate of drug-likeness (QED) is 0.0188. The first-order chi connectivity index (χ1) is 68.5. The van der Waals surface area contributed by atoms with Crippen LogP contribution in [0, 0.1) is 27.7 Å². The molecule has 10 N–H and O–H groups in total. The maximum atomic E-state index is 13.4. The highest BCUT2D eigenvalue weighted by Gasteiger charge is 2.45. The van der Waals surface area contributed by atoms with Crippen molar-refractivity contribution in [3.63, 3.8) is 0 Å². The molecule has 0 bridgehead atoms. The predicted octanol–water partition coefficient (Wildman–Crippen LogP) is 19.2. The van der Waals surface area contributed by atoms with Crippen molar-refractivity contribution in [1.29, 1.82) is 0 Å². The zero-order chi connectivity index (χ0) is 99.3. The Morgan fingerprint density at radius 2 is 0.828 bits per heavy atom. The topological polar surface area (TPSA) is 470 Å². The number of rotatable bonds is 25. The molecule has 0 saturated heterocycles. The van der Waals surface area contributed by atoms with Gasteiger partial charge in [0.25, 0.3) is 5.91 Å². The zero-order valence-corrected chi connectivity index (χ0v) is 78.6. The van der Waals surface area contributed by atoms with Crippen LogP contribution >= 0.6 is 0 Å². The van der Waals surface area contributed by atoms with Crippen molar-refractivity contribution in [2.75, 3.05) is 18.0 Å². The van der Waals surface area contributed by atoms with Gasteiger partial charge in [-0.15, -0.1) is 0 Å². The first-order valence-electron chi connectivity index (χ1n) is 45.5. The number of hydrogen-bond donors (Lipinski definition) is 10. The number of aryl methyl sites for hydroxylation is 7. The number of amidine groups is 2. The molecule has 8 aromatic carbocycles. The minimum Gasteiger partial charge on any atom is -0.494 e. The average Bonchev–Trinajstić information content (AvgIpc) is 1.57. The highest BCUT2D eigenvalue weighted by Crippen LogP contribution is 2.39. The van der Waals surface area contributed by atoms with Crippen LogP contribution in [0.3, 0.4) is 0 Å². The molecule has 0 unspecified atom stereocenters. The molecule has 0 spiro atoms. The van der Waals surface area contributed by atoms with Gasteiger partial charge < -0.3 is 49.5 Å². The highest BCUT2D eigenvalue weighted by molar-refractivity contribution is 6.17. The maximum Gasteiger partial charge on any atom is 0.278 e. The number of carbonyl (C=O) groups is 7. The summed E-state index contributed by atoms with van der Waals surface area (Å²) in [7, 11) is 3.59. The number of aliphatic imine (C=N–C) groups is 6. The SMILES string of the molecule is C.C.C.CCn1nc(C)cc1C(=O)Cc1cccc(C(=O)c2ccc3[nH]c(O)c(C=NC4=NCC=C4)c3c2)c1.Cc1cc(N=Cc2c(O)[nH]c3ccc(C(=O)c4cccc(CC(=O)c5nccn5C)c4)cc23)n[nH]1.Cc1cc2n(n1)C(C)(C)N(c1ccc(C(=O)c3ccc4[nH]c(O)c(C=Nc5cc(C)[nH]n5)c4c3)cc1)C2=O.Cn1ccnc1C(=O)Cc1cccc(Cc2ccc3[nH]c(O)c(C=NC4=NCC=C4)c3c2)c1. The minimum atomic E-state index is -0.680. The molecular weight excluding hydrogens is 1830 g/mol. The van der Waals surface area contributed by atoms with E-state index in [-0.39, 0.29) is 99.2 Å². The summed E-state index contributed by atoms with van der Waals surface area (Å²) in [6.07, 6.45) is 21.8. The van der Waals surface area contributed by atoms with E-state index < -0.39 is 5.66 Å². The van der Waals surface area contributed by atoms with Crippen LogP contribution in [0.2, 0.25) is 0 Å². The van der Waals surface area contributed by atoms with Gasteiger partial charge in [-0.2, -0.15) is 20.4 Å². The Morgan fingerprint density at radius 3 is 1.25 bits per heavy atom. The fourth-order valence-corrected chi connectivity index (χ4v) is 17.3. The van der Waals surface area contributed by atoms with Gasteiger partial charge in [0, 0.05) is 196 Å². The number of amides is 1. The standard InChI is InChI=1S/C28H25N7O3.C28H25N5O3.C26H22N6O3.C26H23N5O2.3CH4/c1-15-12-24(32-31-15)29-14-21-20-13-18(7-10-22(20)30-26(21)37)25(36)17-5-8-19(9-6-17)34-27(38)23-11-16(2)33-35(23)28(34,3)4;1-3-33-24(12-17(2)32-33)25(34)14-18-6-4-7-19(13-18)27(35)20-9-10-23-21(15-20)22(28(36)31-23)16-30-26-8-5-11-29-26;1-15-10-23(31-30-15)28-14-20-19-13-18(6-7-21(19)29-26(20)35)24(34)17-5-3-4-16(11-17)12-22(33)25-27-8-9-32(25)2;1-31-11-10-28-25(31)23(32)15-18-5-2-4-17(12-18)13-19-7-8-22-20(14-19)21(26(33)30-22)16-29-24-6-3-9-27-24;;;/h5-14,30,37H,1-4H3,(H,31,32);4-10,12-13,15-16,31,36H,3,11,14H2,1-2H3;3-11,13-14,29,35H,12H2,1-2H3,(H,30,31);2-8,10-12,14,16,30,33H,9,13,15H2,1H3;3*1H4. The number of benzene rings is 8. The molecule has 1 amide bonds. The molecule has 3 aliphatic heterocycles. The number of anilines is 1. The van der Waals surface area contributed by atoms with Gasteiger partial charge in [0.1, 0.15) is 28.7 Å². The summed E-state index contributed by atoms with van der Waals surface area (Å²) in [5.74, 6) is 2.17. The molecule has 3 aliphatic rings. The number of nitrogens with one attached hydrogen (secondary N) is 6. The molecule has 0 saturated carbocycles. The van der Waals surface area contributed by atoms with E-state index in [9.17, 15) is 54.0 Å². The van der Waals surface area contributed by atoms with Crippen molar-refractivity contribution < 1.29 is 54.0 Å². The van der Waals surface area contributed by atoms with Crippen molar-refractivity contribution in [3.8, 4) is 23.5 Å². The third-order valence-corrected chi connectivity index (χ3v) is 24.3. The molecule has 145 heavy (non-hydrogen) atoms. The Labute approximate surface area is 833 Å². The minimum absolute atomic E-state index is 0. The Balaban J connectivity index is 0.000000144. The number of nitrogens with zero attached hydrogens (tertiary/aromatic N) is 17. The lowest BCUT2D eigenvalue weighted by molar-refractivity contribution is 0.0972. The Morgan fingerprint density at radius 1 is 0.434 bits per heavy atom. The predicted molar refractivity (Wildman–Crippen MR) is 564 cm³/mol. The molecule has 34 heteroatoms. The monoisotopic (exact) mass is 1940 g/mol. The van der Waals surface area contributed by atoms with E-state index in [0.717, 1.165) is 61.5 Å². The number of Topliss-reactive ketones (excluding diaryl/α,β-unsaturated/α-hetero) is 3. The number of aromatic hydroxyl groups is 4. The van der Waals surface area contributed by atoms with Gasteiger partial charge in [-0.05, 0) is 210 Å². The van der Waals surface area contributed by atoms with Crippen LogP contribution in [-0.4, -0.2) is 190 Å². The molecule has 0 aliphatic carbocycles. The number of fused-ring (bicyclic) bond motifs is 5. The summed E-state index contributed by atoms with van der Waals surface area (Å²) >= 11 is 0. The number of imidazole rings is 2. The van der Waals surface area contributed by atoms with Gasteiger partial charge >= 0.3 is 0 Å². The zero-order valence-electron chi connectivity index (χ0n) is 78.6. The molecule has 34 nitrogen and oxygen atoms in total. The molecule has 18 aromatic rings. The highest BCUT2D eigenvalue weighted by atomic mass is 16.3. The summed E-state index contributed by atoms with van der Waals surface area (Å²) in [5.41, 5.74) is 16.9. The summed E-state index contributed by atoms with van der Waals surface area (Å²) < 4.78 is 6.85. The average molecular weight is 1940 g/mol. The lowest BCUT2D eigenvalue weighted by Gasteiger charge is -2.32. The van der Waals surface area contributed by atoms with Crippen LogP contribution in [0.5, 0.6) is 23.5 Å². The summed E-state index contributed by atoms with van der Waals surface area (Å²) in [6.45, 7) is 15.1. The Hall–Kier alpha value is -18.6. The van der Waals surface area contributed by atoms with E-state index >= 15 is 0 Å². The second-order valence-electron chi connectivity index (χ2n) is 34.9. The van der Waals surface area contributed by atoms with E-state index in [1.54, 1.807) is 207 Å². The van der Waals surface area contributed by atoms with Gasteiger partial charge in [0.2, 0.25) is 11.6 Å². The first-order valence-corrected chi connectivity index (χ1v) is 45.5. The van der Waals surface area contributed by atoms with Gasteiger partial charge in [0.15, 0.2) is 69.9 Å². The van der Waals surface area contributed by atoms with E-state index in [1.165, 1.54) is 12.4 Å². The fraction of sp³-hybridized carbons (Fsp3) is 0.180. The first kappa shape index (κ1) is 101. The van der Waals surface area contributed by atoms with Crippen LogP contribution in [0.15, 0.2) is 273 Å². The van der Waals surface area contributed by atoms with Crippen molar-refractivity contribution in [2.45, 2.75) is 109 Å². The summed E-state index contributed by atoms with van der Waals surface area (Å²) in [4.78, 5) is 139.